The molecule has 0 heterocycles. The van der Waals surface area contributed by atoms with Gasteiger partial charge in [-0.15, -0.1) is 0 Å². The lowest BCUT2D eigenvalue weighted by Crippen LogP contribution is -2.27. The second kappa shape index (κ2) is 6.62. The molecule has 0 aliphatic heterocycles. The molecular formula is C14H17F3N2O. The molecule has 0 aromatic heterocycles. The van der Waals surface area contributed by atoms with Crippen molar-refractivity contribution in [2.24, 2.45) is 5.92 Å². The van der Waals surface area contributed by atoms with Crippen LogP contribution in [0.5, 0.6) is 0 Å². The van der Waals surface area contributed by atoms with Gasteiger partial charge in [0.15, 0.2) is 0 Å². The zero-order chi connectivity index (χ0) is 15.3. The molecule has 110 valence electrons. The Bertz CT molecular complexity index is 492. The molecule has 0 saturated heterocycles. The fourth-order valence-electron chi connectivity index (χ4n) is 1.89. The van der Waals surface area contributed by atoms with Crippen LogP contribution in [0.3, 0.4) is 0 Å². The maximum absolute atomic E-state index is 12.8. The van der Waals surface area contributed by atoms with E-state index in [0.29, 0.717) is 12.1 Å². The van der Waals surface area contributed by atoms with E-state index >= 15 is 0 Å². The number of anilines is 1. The van der Waals surface area contributed by atoms with Crippen LogP contribution in [-0.2, 0) is 6.18 Å². The molecule has 3 nitrogen and oxygen atoms in total. The van der Waals surface area contributed by atoms with E-state index in [-0.39, 0.29) is 18.6 Å². The SMILES string of the molecule is CC(C)C(CCO)Nc1ccc(C#N)c(C(F)(F)F)c1. The summed E-state index contributed by atoms with van der Waals surface area (Å²) < 4.78 is 38.5. The van der Waals surface area contributed by atoms with E-state index in [1.807, 2.05) is 13.8 Å². The van der Waals surface area contributed by atoms with Crippen LogP contribution in [0.15, 0.2) is 18.2 Å². The minimum atomic E-state index is -4.56. The minimum Gasteiger partial charge on any atom is -0.396 e. The summed E-state index contributed by atoms with van der Waals surface area (Å²) in [5.74, 6) is 0.159. The third-order valence-corrected chi connectivity index (χ3v) is 3.04. The summed E-state index contributed by atoms with van der Waals surface area (Å²) in [6.45, 7) is 3.79. The summed E-state index contributed by atoms with van der Waals surface area (Å²) in [7, 11) is 0. The van der Waals surface area contributed by atoms with Gasteiger partial charge < -0.3 is 10.4 Å². The van der Waals surface area contributed by atoms with Gasteiger partial charge in [0.2, 0.25) is 0 Å². The average molecular weight is 286 g/mol. The highest BCUT2D eigenvalue weighted by molar-refractivity contribution is 5.53. The van der Waals surface area contributed by atoms with Gasteiger partial charge >= 0.3 is 6.18 Å². The van der Waals surface area contributed by atoms with Crippen molar-refractivity contribution in [2.75, 3.05) is 11.9 Å². The normalized spacial score (nSPS) is 13.1. The molecule has 0 radical (unpaired) electrons. The fraction of sp³-hybridized carbons (Fsp3) is 0.500. The Labute approximate surface area is 116 Å². The molecule has 1 aromatic rings. The van der Waals surface area contributed by atoms with Crippen molar-refractivity contribution in [1.82, 2.24) is 0 Å². The van der Waals surface area contributed by atoms with Crippen molar-refractivity contribution in [2.45, 2.75) is 32.5 Å². The first-order valence-corrected chi connectivity index (χ1v) is 6.28. The molecule has 2 N–H and O–H groups in total. The standard InChI is InChI=1S/C14H17F3N2O/c1-9(2)13(5-6-20)19-11-4-3-10(8-18)12(7-11)14(15,16)17/h3-4,7,9,13,19-20H,5-6H2,1-2H3. The lowest BCUT2D eigenvalue weighted by Gasteiger charge is -2.23. The number of hydrogen-bond donors (Lipinski definition) is 2. The number of hydrogen-bond acceptors (Lipinski definition) is 3. The van der Waals surface area contributed by atoms with Crippen molar-refractivity contribution < 1.29 is 18.3 Å². The zero-order valence-electron chi connectivity index (χ0n) is 11.3. The second-order valence-electron chi connectivity index (χ2n) is 4.88. The maximum atomic E-state index is 12.8. The molecule has 0 amide bonds. The number of benzene rings is 1. The number of aliphatic hydroxyl groups is 1. The first kappa shape index (κ1) is 16.3. The Kier molecular flexibility index (Phi) is 5.40. The number of nitriles is 1. The highest BCUT2D eigenvalue weighted by atomic mass is 19.4. The first-order valence-electron chi connectivity index (χ1n) is 6.28. The van der Waals surface area contributed by atoms with Gasteiger partial charge in [0.25, 0.3) is 0 Å². The lowest BCUT2D eigenvalue weighted by molar-refractivity contribution is -0.137. The van der Waals surface area contributed by atoms with Crippen molar-refractivity contribution in [3.63, 3.8) is 0 Å². The Morgan fingerprint density at radius 3 is 2.45 bits per heavy atom. The third-order valence-electron chi connectivity index (χ3n) is 3.04. The molecule has 20 heavy (non-hydrogen) atoms. The Balaban J connectivity index is 3.06. The second-order valence-corrected chi connectivity index (χ2v) is 4.88. The number of alkyl halides is 3. The summed E-state index contributed by atoms with van der Waals surface area (Å²) in [4.78, 5) is 0. The maximum Gasteiger partial charge on any atom is 0.417 e. The van der Waals surface area contributed by atoms with E-state index in [9.17, 15) is 13.2 Å². The van der Waals surface area contributed by atoms with Gasteiger partial charge in [-0.25, -0.2) is 0 Å². The Morgan fingerprint density at radius 2 is 2.00 bits per heavy atom. The molecule has 0 fully saturated rings. The largest absolute Gasteiger partial charge is 0.417 e. The molecule has 1 atom stereocenters. The number of aliphatic hydroxyl groups excluding tert-OH is 1. The third kappa shape index (κ3) is 4.14. The van der Waals surface area contributed by atoms with Gasteiger partial charge in [-0.1, -0.05) is 13.8 Å². The number of rotatable bonds is 5. The summed E-state index contributed by atoms with van der Waals surface area (Å²) in [5.41, 5.74) is -1.05. The van der Waals surface area contributed by atoms with E-state index in [1.165, 1.54) is 6.07 Å². The highest BCUT2D eigenvalue weighted by Gasteiger charge is 2.34. The zero-order valence-corrected chi connectivity index (χ0v) is 11.3. The summed E-state index contributed by atoms with van der Waals surface area (Å²) in [6.07, 6.45) is -4.12. The molecule has 0 aliphatic rings. The van der Waals surface area contributed by atoms with E-state index in [2.05, 4.69) is 5.32 Å². The summed E-state index contributed by atoms with van der Waals surface area (Å²) in [5, 5.41) is 20.7. The molecular weight excluding hydrogens is 269 g/mol. The minimum absolute atomic E-state index is 0.0434. The predicted octanol–water partition coefficient (Wildman–Crippen LogP) is 3.40. The number of nitrogens with zero attached hydrogens (tertiary/aromatic N) is 1. The molecule has 0 bridgehead atoms. The predicted molar refractivity (Wildman–Crippen MR) is 70.1 cm³/mol. The molecule has 0 spiro atoms. The van der Waals surface area contributed by atoms with Crippen molar-refractivity contribution in [3.8, 4) is 6.07 Å². The summed E-state index contributed by atoms with van der Waals surface area (Å²) >= 11 is 0. The van der Waals surface area contributed by atoms with Crippen molar-refractivity contribution in [1.29, 1.82) is 5.26 Å². The first-order chi connectivity index (χ1) is 9.29. The van der Waals surface area contributed by atoms with Crippen LogP contribution in [-0.4, -0.2) is 17.8 Å². The monoisotopic (exact) mass is 286 g/mol. The Morgan fingerprint density at radius 1 is 1.35 bits per heavy atom. The molecule has 0 saturated carbocycles. The molecule has 1 unspecified atom stereocenters. The van der Waals surface area contributed by atoms with Gasteiger partial charge in [0.05, 0.1) is 17.2 Å². The van der Waals surface area contributed by atoms with Crippen LogP contribution in [0.1, 0.15) is 31.4 Å². The van der Waals surface area contributed by atoms with Gasteiger partial charge in [0, 0.05) is 18.3 Å². The smallest absolute Gasteiger partial charge is 0.396 e. The highest BCUT2D eigenvalue weighted by Crippen LogP contribution is 2.33. The van der Waals surface area contributed by atoms with Crippen LogP contribution in [0.4, 0.5) is 18.9 Å². The van der Waals surface area contributed by atoms with Gasteiger partial charge in [-0.3, -0.25) is 0 Å². The van der Waals surface area contributed by atoms with Crippen LogP contribution in [0.25, 0.3) is 0 Å². The van der Waals surface area contributed by atoms with E-state index in [4.69, 9.17) is 10.4 Å². The van der Waals surface area contributed by atoms with E-state index in [1.54, 1.807) is 6.07 Å². The molecule has 0 aliphatic carbocycles. The Hall–Kier alpha value is -1.74. The quantitative estimate of drug-likeness (QED) is 0.872. The van der Waals surface area contributed by atoms with Gasteiger partial charge in [-0.2, -0.15) is 18.4 Å². The molecule has 1 aromatic carbocycles. The van der Waals surface area contributed by atoms with Crippen LogP contribution in [0.2, 0.25) is 0 Å². The fourth-order valence-corrected chi connectivity index (χ4v) is 1.89. The van der Waals surface area contributed by atoms with Gasteiger partial charge in [-0.05, 0) is 30.5 Å². The topological polar surface area (TPSA) is 56.0 Å². The molecule has 6 heteroatoms. The van der Waals surface area contributed by atoms with Gasteiger partial charge in [0.1, 0.15) is 0 Å². The van der Waals surface area contributed by atoms with Crippen molar-refractivity contribution >= 4 is 5.69 Å². The summed E-state index contributed by atoms with van der Waals surface area (Å²) in [6, 6.07) is 4.95. The number of halogens is 3. The van der Waals surface area contributed by atoms with Crippen LogP contribution in [0, 0.1) is 17.2 Å². The van der Waals surface area contributed by atoms with E-state index < -0.39 is 17.3 Å². The lowest BCUT2D eigenvalue weighted by atomic mass is 10.00. The average Bonchev–Trinajstić information content (AvgIpc) is 2.37. The van der Waals surface area contributed by atoms with Crippen LogP contribution >= 0.6 is 0 Å². The number of nitrogens with one attached hydrogen (secondary N) is 1. The van der Waals surface area contributed by atoms with E-state index in [0.717, 1.165) is 12.1 Å². The van der Waals surface area contributed by atoms with Crippen LogP contribution < -0.4 is 5.32 Å². The van der Waals surface area contributed by atoms with Crippen molar-refractivity contribution in [3.05, 3.63) is 29.3 Å². The molecule has 1 rings (SSSR count).